The molecular formula is C10H14N2O3S. The number of carbonyl (C=O) groups excluding carboxylic acids is 1. The quantitative estimate of drug-likeness (QED) is 0.757. The standard InChI is InChI=1S/C10H14N2O3S/c1-3-4-6-5-16-8(7(6)9(13)14)12-10(15)11-2/h5H,3-4H2,1-2H3,(H,13,14)(H2,11,12,15). The maximum Gasteiger partial charge on any atom is 0.338 e. The molecule has 0 saturated heterocycles. The molecule has 1 aromatic rings. The predicted octanol–water partition coefficient (Wildman–Crippen LogP) is 2.15. The lowest BCUT2D eigenvalue weighted by Gasteiger charge is -2.04. The van der Waals surface area contributed by atoms with Crippen LogP contribution in [0.25, 0.3) is 0 Å². The number of carboxylic acids is 1. The van der Waals surface area contributed by atoms with Gasteiger partial charge in [-0.25, -0.2) is 9.59 Å². The summed E-state index contributed by atoms with van der Waals surface area (Å²) in [7, 11) is 1.48. The molecule has 0 aliphatic heterocycles. The Kier molecular flexibility index (Phi) is 4.30. The van der Waals surface area contributed by atoms with Gasteiger partial charge in [0.1, 0.15) is 5.00 Å². The van der Waals surface area contributed by atoms with Crippen molar-refractivity contribution >= 4 is 28.3 Å². The van der Waals surface area contributed by atoms with E-state index < -0.39 is 12.0 Å². The van der Waals surface area contributed by atoms with E-state index >= 15 is 0 Å². The molecule has 0 saturated carbocycles. The maximum absolute atomic E-state index is 11.1. The van der Waals surface area contributed by atoms with Crippen molar-refractivity contribution in [3.8, 4) is 0 Å². The van der Waals surface area contributed by atoms with Gasteiger partial charge in [0, 0.05) is 7.05 Å². The minimum atomic E-state index is -1.00. The van der Waals surface area contributed by atoms with Crippen molar-refractivity contribution in [3.63, 3.8) is 0 Å². The number of anilines is 1. The zero-order valence-electron chi connectivity index (χ0n) is 9.16. The Hall–Kier alpha value is -1.56. The maximum atomic E-state index is 11.1. The van der Waals surface area contributed by atoms with Crippen LogP contribution in [0, 0.1) is 0 Å². The lowest BCUT2D eigenvalue weighted by atomic mass is 10.1. The molecule has 0 spiro atoms. The molecule has 2 amide bonds. The normalized spacial score (nSPS) is 9.88. The van der Waals surface area contributed by atoms with Gasteiger partial charge in [-0.2, -0.15) is 0 Å². The molecule has 0 aliphatic rings. The van der Waals surface area contributed by atoms with E-state index in [1.165, 1.54) is 18.4 Å². The fraction of sp³-hybridized carbons (Fsp3) is 0.400. The van der Waals surface area contributed by atoms with Crippen LogP contribution in [0.2, 0.25) is 0 Å². The van der Waals surface area contributed by atoms with E-state index in [4.69, 9.17) is 5.11 Å². The molecule has 0 aliphatic carbocycles. The molecule has 6 heteroatoms. The van der Waals surface area contributed by atoms with Gasteiger partial charge in [-0.3, -0.25) is 5.32 Å². The van der Waals surface area contributed by atoms with E-state index in [1.54, 1.807) is 5.38 Å². The molecule has 0 fully saturated rings. The lowest BCUT2D eigenvalue weighted by Crippen LogP contribution is -2.24. The van der Waals surface area contributed by atoms with Crippen LogP contribution in [-0.4, -0.2) is 24.2 Å². The third kappa shape index (κ3) is 2.73. The Morgan fingerprint density at radius 2 is 2.19 bits per heavy atom. The summed E-state index contributed by atoms with van der Waals surface area (Å²) in [5.74, 6) is -1.00. The second-order valence-corrected chi connectivity index (χ2v) is 4.10. The van der Waals surface area contributed by atoms with Gasteiger partial charge in [-0.15, -0.1) is 11.3 Å². The fourth-order valence-corrected chi connectivity index (χ4v) is 2.32. The molecule has 0 aromatic carbocycles. The Morgan fingerprint density at radius 3 is 2.69 bits per heavy atom. The molecule has 0 bridgehead atoms. The van der Waals surface area contributed by atoms with Crippen LogP contribution in [0.4, 0.5) is 9.80 Å². The third-order valence-electron chi connectivity index (χ3n) is 2.05. The van der Waals surface area contributed by atoms with Crippen LogP contribution in [0.3, 0.4) is 0 Å². The number of carboxylic acid groups (broad SMARTS) is 1. The van der Waals surface area contributed by atoms with Gasteiger partial charge in [0.15, 0.2) is 0 Å². The molecule has 1 rings (SSSR count). The number of amides is 2. The van der Waals surface area contributed by atoms with Crippen LogP contribution in [0.1, 0.15) is 29.3 Å². The molecule has 0 radical (unpaired) electrons. The van der Waals surface area contributed by atoms with Crippen molar-refractivity contribution in [2.24, 2.45) is 0 Å². The van der Waals surface area contributed by atoms with E-state index in [9.17, 15) is 9.59 Å². The summed E-state index contributed by atoms with van der Waals surface area (Å²) < 4.78 is 0. The van der Waals surface area contributed by atoms with Gasteiger partial charge >= 0.3 is 12.0 Å². The molecule has 16 heavy (non-hydrogen) atoms. The lowest BCUT2D eigenvalue weighted by molar-refractivity contribution is 0.0697. The van der Waals surface area contributed by atoms with Crippen molar-refractivity contribution in [1.29, 1.82) is 0 Å². The monoisotopic (exact) mass is 242 g/mol. The van der Waals surface area contributed by atoms with Crippen LogP contribution >= 0.6 is 11.3 Å². The fourth-order valence-electron chi connectivity index (χ4n) is 1.34. The summed E-state index contributed by atoms with van der Waals surface area (Å²) in [6.45, 7) is 1.98. The van der Waals surface area contributed by atoms with Crippen molar-refractivity contribution in [2.45, 2.75) is 19.8 Å². The zero-order valence-corrected chi connectivity index (χ0v) is 9.98. The summed E-state index contributed by atoms with van der Waals surface area (Å²) in [5, 5.41) is 16.1. The first-order chi connectivity index (χ1) is 7.60. The van der Waals surface area contributed by atoms with Crippen LogP contribution in [0.15, 0.2) is 5.38 Å². The number of urea groups is 1. The smallest absolute Gasteiger partial charge is 0.338 e. The number of aromatic carboxylic acids is 1. The molecule has 0 unspecified atom stereocenters. The van der Waals surface area contributed by atoms with Crippen LogP contribution < -0.4 is 10.6 Å². The Bertz CT molecular complexity index is 401. The van der Waals surface area contributed by atoms with E-state index in [2.05, 4.69) is 10.6 Å². The minimum absolute atomic E-state index is 0.204. The summed E-state index contributed by atoms with van der Waals surface area (Å²) in [4.78, 5) is 22.2. The summed E-state index contributed by atoms with van der Waals surface area (Å²) in [5.41, 5.74) is 0.974. The first kappa shape index (κ1) is 12.5. The number of hydrogen-bond donors (Lipinski definition) is 3. The minimum Gasteiger partial charge on any atom is -0.478 e. The predicted molar refractivity (Wildman–Crippen MR) is 63.4 cm³/mol. The number of rotatable bonds is 4. The summed E-state index contributed by atoms with van der Waals surface area (Å²) in [6.07, 6.45) is 1.57. The Labute approximate surface area is 97.5 Å². The summed E-state index contributed by atoms with van der Waals surface area (Å²) in [6, 6.07) is -0.410. The number of carbonyl (C=O) groups is 2. The van der Waals surface area contributed by atoms with Crippen molar-refractivity contribution in [1.82, 2.24) is 5.32 Å². The van der Waals surface area contributed by atoms with Gasteiger partial charge < -0.3 is 10.4 Å². The van der Waals surface area contributed by atoms with E-state index in [0.717, 1.165) is 12.0 Å². The number of hydrogen-bond acceptors (Lipinski definition) is 3. The van der Waals surface area contributed by atoms with Gasteiger partial charge in [0.2, 0.25) is 0 Å². The number of nitrogens with one attached hydrogen (secondary N) is 2. The topological polar surface area (TPSA) is 78.4 Å². The molecule has 3 N–H and O–H groups in total. The highest BCUT2D eigenvalue weighted by atomic mass is 32.1. The highest BCUT2D eigenvalue weighted by Crippen LogP contribution is 2.29. The molecule has 5 nitrogen and oxygen atoms in total. The van der Waals surface area contributed by atoms with Gasteiger partial charge in [0.05, 0.1) is 5.56 Å². The number of thiophene rings is 1. The average molecular weight is 242 g/mol. The highest BCUT2D eigenvalue weighted by Gasteiger charge is 2.18. The van der Waals surface area contributed by atoms with Crippen LogP contribution in [-0.2, 0) is 6.42 Å². The molecule has 0 atom stereocenters. The zero-order chi connectivity index (χ0) is 12.1. The van der Waals surface area contributed by atoms with Crippen molar-refractivity contribution < 1.29 is 14.7 Å². The molecule has 1 heterocycles. The molecular weight excluding hydrogens is 228 g/mol. The highest BCUT2D eigenvalue weighted by molar-refractivity contribution is 7.15. The Balaban J connectivity index is 3.00. The summed E-state index contributed by atoms with van der Waals surface area (Å²) >= 11 is 1.24. The SMILES string of the molecule is CCCc1csc(NC(=O)NC)c1C(=O)O. The van der Waals surface area contributed by atoms with Gasteiger partial charge in [-0.1, -0.05) is 13.3 Å². The first-order valence-corrected chi connectivity index (χ1v) is 5.80. The van der Waals surface area contributed by atoms with E-state index in [1.807, 2.05) is 6.92 Å². The number of aryl methyl sites for hydroxylation is 1. The van der Waals surface area contributed by atoms with Crippen molar-refractivity contribution in [3.05, 3.63) is 16.5 Å². The van der Waals surface area contributed by atoms with Crippen molar-refractivity contribution in [2.75, 3.05) is 12.4 Å². The first-order valence-electron chi connectivity index (χ1n) is 4.92. The second-order valence-electron chi connectivity index (χ2n) is 3.22. The average Bonchev–Trinajstić information content (AvgIpc) is 2.61. The molecule has 88 valence electrons. The largest absolute Gasteiger partial charge is 0.478 e. The van der Waals surface area contributed by atoms with E-state index in [0.29, 0.717) is 11.4 Å². The second kappa shape index (κ2) is 5.50. The van der Waals surface area contributed by atoms with E-state index in [-0.39, 0.29) is 5.56 Å². The Morgan fingerprint density at radius 1 is 1.50 bits per heavy atom. The van der Waals surface area contributed by atoms with Gasteiger partial charge in [0.25, 0.3) is 0 Å². The molecule has 1 aromatic heterocycles. The third-order valence-corrected chi connectivity index (χ3v) is 3.00. The van der Waals surface area contributed by atoms with Crippen LogP contribution in [0.5, 0.6) is 0 Å². The van der Waals surface area contributed by atoms with Gasteiger partial charge in [-0.05, 0) is 17.4 Å².